The molecule has 0 aliphatic heterocycles. The number of rotatable bonds is 8. The number of alkyl halides is 4. The average Bonchev–Trinajstić information content (AvgIpc) is 2.94. The van der Waals surface area contributed by atoms with Crippen LogP contribution in [0.25, 0.3) is 0 Å². The van der Waals surface area contributed by atoms with Gasteiger partial charge in [-0.1, -0.05) is 0 Å². The number of halogens is 4. The summed E-state index contributed by atoms with van der Waals surface area (Å²) >= 11 is 0. The van der Waals surface area contributed by atoms with Gasteiger partial charge in [-0.3, -0.25) is 0 Å². The molecule has 0 saturated heterocycles. The van der Waals surface area contributed by atoms with Crippen LogP contribution in [0.1, 0.15) is 19.3 Å². The standard InChI is InChI=1S/C9H15F4NO/c10-8(11)9(12,13)6-15-5-1-4-14-7-2-3-7/h7-8,14H,1-6H2. The third-order valence-corrected chi connectivity index (χ3v) is 2.09. The number of hydrogen-bond donors (Lipinski definition) is 1. The van der Waals surface area contributed by atoms with Gasteiger partial charge in [0.05, 0.1) is 0 Å². The van der Waals surface area contributed by atoms with E-state index in [0.29, 0.717) is 19.0 Å². The molecule has 0 aromatic carbocycles. The Bertz CT molecular complexity index is 185. The maximum absolute atomic E-state index is 12.3. The van der Waals surface area contributed by atoms with Crippen LogP contribution in [0.4, 0.5) is 17.6 Å². The molecule has 90 valence electrons. The summed E-state index contributed by atoms with van der Waals surface area (Å²) in [5.41, 5.74) is 0. The zero-order valence-electron chi connectivity index (χ0n) is 8.32. The minimum Gasteiger partial charge on any atom is -0.375 e. The van der Waals surface area contributed by atoms with Crippen molar-refractivity contribution >= 4 is 0 Å². The van der Waals surface area contributed by atoms with Crippen LogP contribution in [0.3, 0.4) is 0 Å². The molecule has 1 fully saturated rings. The molecular weight excluding hydrogens is 214 g/mol. The number of ether oxygens (including phenoxy) is 1. The molecular formula is C9H15F4NO. The van der Waals surface area contributed by atoms with E-state index in [9.17, 15) is 17.6 Å². The first kappa shape index (κ1) is 12.7. The van der Waals surface area contributed by atoms with Crippen LogP contribution in [0.15, 0.2) is 0 Å². The predicted molar refractivity (Wildman–Crippen MR) is 47.4 cm³/mol. The van der Waals surface area contributed by atoms with Crippen molar-refractivity contribution in [3.63, 3.8) is 0 Å². The van der Waals surface area contributed by atoms with Gasteiger partial charge in [-0.2, -0.15) is 8.78 Å². The van der Waals surface area contributed by atoms with Crippen LogP contribution >= 0.6 is 0 Å². The van der Waals surface area contributed by atoms with Gasteiger partial charge in [-0.15, -0.1) is 0 Å². The van der Waals surface area contributed by atoms with E-state index in [-0.39, 0.29) is 6.61 Å². The fraction of sp³-hybridized carbons (Fsp3) is 1.00. The second-order valence-corrected chi connectivity index (χ2v) is 3.70. The van der Waals surface area contributed by atoms with Crippen LogP contribution < -0.4 is 5.32 Å². The summed E-state index contributed by atoms with van der Waals surface area (Å²) in [7, 11) is 0. The van der Waals surface area contributed by atoms with Crippen molar-refractivity contribution in [2.24, 2.45) is 0 Å². The normalized spacial score (nSPS) is 17.4. The van der Waals surface area contributed by atoms with E-state index in [1.54, 1.807) is 0 Å². The van der Waals surface area contributed by atoms with Crippen LogP contribution in [-0.2, 0) is 4.74 Å². The molecule has 1 N–H and O–H groups in total. The van der Waals surface area contributed by atoms with Crippen LogP contribution in [-0.4, -0.2) is 38.1 Å². The Morgan fingerprint density at radius 1 is 1.33 bits per heavy atom. The van der Waals surface area contributed by atoms with Crippen LogP contribution in [0, 0.1) is 0 Å². The quantitative estimate of drug-likeness (QED) is 0.508. The molecule has 6 heteroatoms. The first-order valence-corrected chi connectivity index (χ1v) is 4.99. The molecule has 15 heavy (non-hydrogen) atoms. The summed E-state index contributed by atoms with van der Waals surface area (Å²) in [6.07, 6.45) is -0.771. The fourth-order valence-corrected chi connectivity index (χ4v) is 1.04. The molecule has 1 aliphatic carbocycles. The Morgan fingerprint density at radius 2 is 2.00 bits per heavy atom. The highest BCUT2D eigenvalue weighted by Crippen LogP contribution is 2.22. The first-order valence-electron chi connectivity index (χ1n) is 4.99. The van der Waals surface area contributed by atoms with Gasteiger partial charge in [-0.05, 0) is 25.8 Å². The molecule has 0 spiro atoms. The Hall–Kier alpha value is -0.360. The highest BCUT2D eigenvalue weighted by atomic mass is 19.3. The Morgan fingerprint density at radius 3 is 2.53 bits per heavy atom. The Labute approximate surface area is 86.0 Å². The summed E-state index contributed by atoms with van der Waals surface area (Å²) < 4.78 is 52.4. The molecule has 0 amide bonds. The molecule has 0 bridgehead atoms. The van der Waals surface area contributed by atoms with Gasteiger partial charge in [0.1, 0.15) is 6.61 Å². The minimum atomic E-state index is -4.02. The predicted octanol–water partition coefficient (Wildman–Crippen LogP) is 2.05. The summed E-state index contributed by atoms with van der Waals surface area (Å²) in [6, 6.07) is 0.563. The number of hydrogen-bond acceptors (Lipinski definition) is 2. The van der Waals surface area contributed by atoms with Gasteiger partial charge in [0.25, 0.3) is 0 Å². The van der Waals surface area contributed by atoms with Gasteiger partial charge >= 0.3 is 12.3 Å². The molecule has 1 saturated carbocycles. The van der Waals surface area contributed by atoms with E-state index in [1.165, 1.54) is 0 Å². The lowest BCUT2D eigenvalue weighted by Gasteiger charge is -2.15. The lowest BCUT2D eigenvalue weighted by atomic mass is 10.4. The van der Waals surface area contributed by atoms with Crippen molar-refractivity contribution in [3.05, 3.63) is 0 Å². The van der Waals surface area contributed by atoms with Crippen molar-refractivity contribution in [2.45, 2.75) is 37.7 Å². The highest BCUT2D eigenvalue weighted by molar-refractivity contribution is 4.80. The van der Waals surface area contributed by atoms with E-state index in [2.05, 4.69) is 10.1 Å². The molecule has 2 nitrogen and oxygen atoms in total. The molecule has 0 unspecified atom stereocenters. The topological polar surface area (TPSA) is 21.3 Å². The summed E-state index contributed by atoms with van der Waals surface area (Å²) in [5.74, 6) is -4.02. The summed E-state index contributed by atoms with van der Waals surface area (Å²) in [4.78, 5) is 0. The zero-order chi connectivity index (χ0) is 11.3. The van der Waals surface area contributed by atoms with Crippen molar-refractivity contribution in [1.29, 1.82) is 0 Å². The fourth-order valence-electron chi connectivity index (χ4n) is 1.04. The van der Waals surface area contributed by atoms with E-state index < -0.39 is 19.0 Å². The maximum Gasteiger partial charge on any atom is 0.330 e. The third-order valence-electron chi connectivity index (χ3n) is 2.09. The monoisotopic (exact) mass is 229 g/mol. The first-order chi connectivity index (χ1) is 7.02. The molecule has 0 aromatic heterocycles. The van der Waals surface area contributed by atoms with E-state index in [4.69, 9.17) is 0 Å². The second kappa shape index (κ2) is 5.65. The van der Waals surface area contributed by atoms with Crippen LogP contribution in [0.2, 0.25) is 0 Å². The van der Waals surface area contributed by atoms with E-state index in [1.807, 2.05) is 0 Å². The Balaban J connectivity index is 1.90. The van der Waals surface area contributed by atoms with Gasteiger partial charge in [0.15, 0.2) is 0 Å². The molecule has 0 atom stereocenters. The van der Waals surface area contributed by atoms with Gasteiger partial charge in [0.2, 0.25) is 0 Å². The van der Waals surface area contributed by atoms with Crippen molar-refractivity contribution in [1.82, 2.24) is 5.32 Å². The SMILES string of the molecule is FC(F)C(F)(F)COCCCNC1CC1. The molecule has 0 radical (unpaired) electrons. The molecule has 1 aliphatic rings. The summed E-state index contributed by atoms with van der Waals surface area (Å²) in [5, 5.41) is 3.16. The van der Waals surface area contributed by atoms with Gasteiger partial charge < -0.3 is 10.1 Å². The average molecular weight is 229 g/mol. The number of nitrogens with one attached hydrogen (secondary N) is 1. The smallest absolute Gasteiger partial charge is 0.330 e. The van der Waals surface area contributed by atoms with Crippen LogP contribution in [0.5, 0.6) is 0 Å². The third kappa shape index (κ3) is 5.32. The summed E-state index contributed by atoms with van der Waals surface area (Å²) in [6.45, 7) is -0.430. The Kier molecular flexibility index (Phi) is 4.79. The zero-order valence-corrected chi connectivity index (χ0v) is 8.32. The maximum atomic E-state index is 12.3. The minimum absolute atomic E-state index is 0.0853. The lowest BCUT2D eigenvalue weighted by Crippen LogP contribution is -2.32. The molecule has 0 aromatic rings. The lowest BCUT2D eigenvalue weighted by molar-refractivity contribution is -0.165. The van der Waals surface area contributed by atoms with Crippen molar-refractivity contribution in [3.8, 4) is 0 Å². The van der Waals surface area contributed by atoms with E-state index >= 15 is 0 Å². The van der Waals surface area contributed by atoms with Crippen molar-refractivity contribution in [2.75, 3.05) is 19.8 Å². The molecule has 1 rings (SSSR count). The molecule has 0 heterocycles. The van der Waals surface area contributed by atoms with Crippen molar-refractivity contribution < 1.29 is 22.3 Å². The van der Waals surface area contributed by atoms with Gasteiger partial charge in [0, 0.05) is 12.6 Å². The largest absolute Gasteiger partial charge is 0.375 e. The van der Waals surface area contributed by atoms with Gasteiger partial charge in [-0.25, -0.2) is 8.78 Å². The highest BCUT2D eigenvalue weighted by Gasteiger charge is 2.40. The van der Waals surface area contributed by atoms with E-state index in [0.717, 1.165) is 12.8 Å². The second-order valence-electron chi connectivity index (χ2n) is 3.70.